The molecule has 2 aromatic rings. The largest absolute Gasteiger partial charge is 0.314 e. The molecule has 0 unspecified atom stereocenters. The van der Waals surface area contributed by atoms with Crippen LogP contribution >= 0.6 is 0 Å². The van der Waals surface area contributed by atoms with Crippen molar-refractivity contribution in [2.45, 2.75) is 26.9 Å². The number of hydroxylamine groups is 4. The molecular weight excluding hydrogens is 276 g/mol. The Bertz CT molecular complexity index is 513. The van der Waals surface area contributed by atoms with Crippen molar-refractivity contribution < 1.29 is 10.4 Å². The third-order valence-corrected chi connectivity index (χ3v) is 3.59. The first-order valence-electron chi connectivity index (χ1n) is 7.51. The smallest absolute Gasteiger partial charge is 0.0489 e. The number of rotatable bonds is 7. The van der Waals surface area contributed by atoms with E-state index in [1.807, 2.05) is 62.4 Å². The van der Waals surface area contributed by atoms with E-state index >= 15 is 0 Å². The molecule has 0 atom stereocenters. The first-order valence-corrected chi connectivity index (χ1v) is 7.51. The average Bonchev–Trinajstić information content (AvgIpc) is 2.50. The van der Waals surface area contributed by atoms with Crippen LogP contribution in [0.5, 0.6) is 0 Å². The summed E-state index contributed by atoms with van der Waals surface area (Å²) >= 11 is 0. The summed E-state index contributed by atoms with van der Waals surface area (Å²) in [5.41, 5.74) is 4.51. The average molecular weight is 300 g/mol. The lowest BCUT2D eigenvalue weighted by atomic mass is 10.1. The Labute approximate surface area is 132 Å². The number of aryl methyl sites for hydroxylation is 2. The zero-order chi connectivity index (χ0) is 15.9. The topological polar surface area (TPSA) is 46.9 Å². The summed E-state index contributed by atoms with van der Waals surface area (Å²) in [4.78, 5) is 0. The number of hydrogen-bond acceptors (Lipinski definition) is 4. The lowest BCUT2D eigenvalue weighted by Crippen LogP contribution is -2.31. The lowest BCUT2D eigenvalue weighted by molar-refractivity contribution is -0.146. The molecule has 4 nitrogen and oxygen atoms in total. The van der Waals surface area contributed by atoms with Crippen LogP contribution in [0.25, 0.3) is 0 Å². The molecule has 0 saturated carbocycles. The van der Waals surface area contributed by atoms with Gasteiger partial charge < -0.3 is 10.4 Å². The normalized spacial score (nSPS) is 11.4. The van der Waals surface area contributed by atoms with Gasteiger partial charge in [-0.15, -0.1) is 0 Å². The fourth-order valence-corrected chi connectivity index (χ4v) is 2.20. The molecule has 0 aliphatic heterocycles. The van der Waals surface area contributed by atoms with Crippen molar-refractivity contribution in [1.82, 2.24) is 10.1 Å². The van der Waals surface area contributed by atoms with E-state index in [0.717, 1.165) is 11.1 Å². The first kappa shape index (κ1) is 16.6. The van der Waals surface area contributed by atoms with Crippen LogP contribution in [0.1, 0.15) is 22.3 Å². The van der Waals surface area contributed by atoms with Gasteiger partial charge in [0.2, 0.25) is 0 Å². The van der Waals surface area contributed by atoms with Gasteiger partial charge in [-0.2, -0.15) is 10.1 Å². The Morgan fingerprint density at radius 2 is 0.955 bits per heavy atom. The van der Waals surface area contributed by atoms with Gasteiger partial charge in [0.15, 0.2) is 0 Å². The highest BCUT2D eigenvalue weighted by atomic mass is 16.5. The molecule has 0 fully saturated rings. The van der Waals surface area contributed by atoms with E-state index in [2.05, 4.69) is 0 Å². The summed E-state index contributed by atoms with van der Waals surface area (Å²) in [6.07, 6.45) is 0. The zero-order valence-corrected chi connectivity index (χ0v) is 13.2. The summed E-state index contributed by atoms with van der Waals surface area (Å²) in [7, 11) is 0. The Balaban J connectivity index is 1.74. The van der Waals surface area contributed by atoms with Crippen LogP contribution in [0.2, 0.25) is 0 Å². The van der Waals surface area contributed by atoms with Gasteiger partial charge in [0.25, 0.3) is 0 Å². The van der Waals surface area contributed by atoms with Gasteiger partial charge in [0.05, 0.1) is 0 Å². The number of nitrogens with zero attached hydrogens (tertiary/aromatic N) is 2. The quantitative estimate of drug-likeness (QED) is 0.770. The maximum absolute atomic E-state index is 9.92. The van der Waals surface area contributed by atoms with Crippen molar-refractivity contribution in [3.63, 3.8) is 0 Å². The van der Waals surface area contributed by atoms with Crippen molar-refractivity contribution in [3.05, 3.63) is 70.8 Å². The molecule has 22 heavy (non-hydrogen) atoms. The van der Waals surface area contributed by atoms with Crippen LogP contribution in [0.4, 0.5) is 0 Å². The predicted molar refractivity (Wildman–Crippen MR) is 86.8 cm³/mol. The highest BCUT2D eigenvalue weighted by molar-refractivity contribution is 5.21. The fourth-order valence-electron chi connectivity index (χ4n) is 2.20. The minimum Gasteiger partial charge on any atom is -0.314 e. The summed E-state index contributed by atoms with van der Waals surface area (Å²) in [6, 6.07) is 16.1. The summed E-state index contributed by atoms with van der Waals surface area (Å²) in [6.45, 7) is 5.76. The standard InChI is InChI=1S/C18H24N2O2/c1-15-3-7-17(8-4-15)13-19(21)11-12-20(22)14-18-9-5-16(2)6-10-18/h3-10,21-22H,11-14H2,1-2H3. The Morgan fingerprint density at radius 1 is 0.636 bits per heavy atom. The molecule has 2 N–H and O–H groups in total. The Morgan fingerprint density at radius 3 is 1.27 bits per heavy atom. The van der Waals surface area contributed by atoms with Gasteiger partial charge in [-0.1, -0.05) is 59.7 Å². The Kier molecular flexibility index (Phi) is 6.10. The molecule has 118 valence electrons. The third kappa shape index (κ3) is 5.58. The van der Waals surface area contributed by atoms with E-state index in [9.17, 15) is 10.4 Å². The van der Waals surface area contributed by atoms with Crippen molar-refractivity contribution in [2.75, 3.05) is 13.1 Å². The zero-order valence-electron chi connectivity index (χ0n) is 13.2. The van der Waals surface area contributed by atoms with Gasteiger partial charge in [-0.3, -0.25) is 0 Å². The van der Waals surface area contributed by atoms with Crippen molar-refractivity contribution in [2.24, 2.45) is 0 Å². The van der Waals surface area contributed by atoms with Crippen molar-refractivity contribution >= 4 is 0 Å². The maximum Gasteiger partial charge on any atom is 0.0489 e. The first-order chi connectivity index (χ1) is 10.5. The molecule has 0 spiro atoms. The summed E-state index contributed by atoms with van der Waals surface area (Å²) in [5.74, 6) is 0. The maximum atomic E-state index is 9.92. The van der Waals surface area contributed by atoms with Crippen LogP contribution < -0.4 is 0 Å². The van der Waals surface area contributed by atoms with Crippen LogP contribution in [0, 0.1) is 13.8 Å². The SMILES string of the molecule is Cc1ccc(CN(O)CCN(O)Cc2ccc(C)cc2)cc1. The minimum absolute atomic E-state index is 0.385. The van der Waals surface area contributed by atoms with E-state index < -0.39 is 0 Å². The molecule has 0 aliphatic rings. The second kappa shape index (κ2) is 8.06. The highest BCUT2D eigenvalue weighted by Crippen LogP contribution is 2.07. The molecule has 0 amide bonds. The lowest BCUT2D eigenvalue weighted by Gasteiger charge is -2.19. The van der Waals surface area contributed by atoms with Crippen molar-refractivity contribution in [1.29, 1.82) is 0 Å². The van der Waals surface area contributed by atoms with Gasteiger partial charge in [-0.25, -0.2) is 0 Å². The molecular formula is C18H24N2O2. The molecule has 0 aromatic heterocycles. The predicted octanol–water partition coefficient (Wildman–Crippen LogP) is 3.39. The molecule has 2 rings (SSSR count). The van der Waals surface area contributed by atoms with Crippen LogP contribution in [-0.2, 0) is 13.1 Å². The number of hydrogen-bond donors (Lipinski definition) is 2. The molecule has 0 aliphatic carbocycles. The van der Waals surface area contributed by atoms with E-state index in [4.69, 9.17) is 0 Å². The molecule has 0 radical (unpaired) electrons. The van der Waals surface area contributed by atoms with E-state index in [1.165, 1.54) is 21.3 Å². The molecule has 2 aromatic carbocycles. The fraction of sp³-hybridized carbons (Fsp3) is 0.333. The summed E-state index contributed by atoms with van der Waals surface area (Å²) in [5, 5.41) is 22.3. The minimum atomic E-state index is 0.385. The molecule has 0 bridgehead atoms. The number of benzene rings is 2. The van der Waals surface area contributed by atoms with Gasteiger partial charge in [0.1, 0.15) is 0 Å². The van der Waals surface area contributed by atoms with Gasteiger partial charge in [0, 0.05) is 26.2 Å². The van der Waals surface area contributed by atoms with E-state index in [1.54, 1.807) is 0 Å². The van der Waals surface area contributed by atoms with Gasteiger partial charge >= 0.3 is 0 Å². The monoisotopic (exact) mass is 300 g/mol. The second-order valence-electron chi connectivity index (χ2n) is 5.75. The van der Waals surface area contributed by atoms with E-state index in [0.29, 0.717) is 26.2 Å². The third-order valence-electron chi connectivity index (χ3n) is 3.59. The molecule has 4 heteroatoms. The van der Waals surface area contributed by atoms with Crippen LogP contribution in [-0.4, -0.2) is 33.6 Å². The second-order valence-corrected chi connectivity index (χ2v) is 5.75. The summed E-state index contributed by atoms with van der Waals surface area (Å²) < 4.78 is 0. The highest BCUT2D eigenvalue weighted by Gasteiger charge is 2.07. The van der Waals surface area contributed by atoms with Gasteiger partial charge in [-0.05, 0) is 25.0 Å². The molecule has 0 heterocycles. The van der Waals surface area contributed by atoms with E-state index in [-0.39, 0.29) is 0 Å². The Hall–Kier alpha value is -1.72. The van der Waals surface area contributed by atoms with Crippen molar-refractivity contribution in [3.8, 4) is 0 Å². The van der Waals surface area contributed by atoms with Crippen LogP contribution in [0.3, 0.4) is 0 Å². The molecule has 0 saturated heterocycles. The van der Waals surface area contributed by atoms with Crippen LogP contribution in [0.15, 0.2) is 48.5 Å².